The molecule has 0 aromatic heterocycles. The first-order chi connectivity index (χ1) is 6.88. The predicted molar refractivity (Wildman–Crippen MR) is 55.6 cm³/mol. The van der Waals surface area contributed by atoms with Gasteiger partial charge in [0.25, 0.3) is 0 Å². The summed E-state index contributed by atoms with van der Waals surface area (Å²) >= 11 is 0. The fraction of sp³-hybridized carbons (Fsp3) is 0.727. The molecular weight excluding hydrogens is 176 g/mol. The molecule has 0 amide bonds. The lowest BCUT2D eigenvalue weighted by Gasteiger charge is -2.08. The minimum absolute atomic E-state index is 0.778. The van der Waals surface area contributed by atoms with Crippen molar-refractivity contribution in [2.24, 2.45) is 0 Å². The molecule has 0 atom stereocenters. The highest BCUT2D eigenvalue weighted by atomic mass is 16.5. The summed E-state index contributed by atoms with van der Waals surface area (Å²) in [4.78, 5) is 0. The molecule has 0 aromatic rings. The molecule has 1 fully saturated rings. The first-order valence-corrected chi connectivity index (χ1v) is 5.28. The van der Waals surface area contributed by atoms with Crippen LogP contribution in [0.3, 0.4) is 0 Å². The van der Waals surface area contributed by atoms with Gasteiger partial charge in [0.05, 0.1) is 18.2 Å². The zero-order chi connectivity index (χ0) is 10.2. The van der Waals surface area contributed by atoms with E-state index >= 15 is 0 Å². The highest BCUT2D eigenvalue weighted by Gasteiger charge is 2.10. The third-order valence-electron chi connectivity index (χ3n) is 2.42. The number of hydrogen-bond donors (Lipinski definition) is 1. The molecule has 0 bridgehead atoms. The van der Waals surface area contributed by atoms with Gasteiger partial charge < -0.3 is 10.1 Å². The van der Waals surface area contributed by atoms with Crippen LogP contribution in [0, 0.1) is 11.3 Å². The SMILES string of the molecule is CNCC/C(C#N)=C1/CCCCCO1. The van der Waals surface area contributed by atoms with Crippen LogP contribution in [-0.2, 0) is 4.74 Å². The number of ether oxygens (including phenoxy) is 1. The van der Waals surface area contributed by atoms with E-state index in [1.54, 1.807) is 0 Å². The van der Waals surface area contributed by atoms with Crippen molar-refractivity contribution in [3.63, 3.8) is 0 Å². The normalized spacial score (nSPS) is 20.6. The summed E-state index contributed by atoms with van der Waals surface area (Å²) in [5.74, 6) is 0.931. The van der Waals surface area contributed by atoms with Gasteiger partial charge in [0.2, 0.25) is 0 Å². The number of nitrogens with one attached hydrogen (secondary N) is 1. The summed E-state index contributed by atoms with van der Waals surface area (Å²) in [5, 5.41) is 12.0. The van der Waals surface area contributed by atoms with E-state index in [0.29, 0.717) is 0 Å². The molecule has 1 heterocycles. The van der Waals surface area contributed by atoms with E-state index in [4.69, 9.17) is 10.00 Å². The van der Waals surface area contributed by atoms with Crippen LogP contribution in [0.5, 0.6) is 0 Å². The van der Waals surface area contributed by atoms with Crippen molar-refractivity contribution in [2.45, 2.75) is 32.1 Å². The second-order valence-corrected chi connectivity index (χ2v) is 3.53. The van der Waals surface area contributed by atoms with Gasteiger partial charge in [-0.2, -0.15) is 5.26 Å². The molecule has 0 radical (unpaired) electrons. The summed E-state index contributed by atoms with van der Waals surface area (Å²) in [5.41, 5.74) is 0.821. The Balaban J connectivity index is 2.60. The van der Waals surface area contributed by atoms with Crippen molar-refractivity contribution in [3.05, 3.63) is 11.3 Å². The Morgan fingerprint density at radius 1 is 1.50 bits per heavy atom. The highest BCUT2D eigenvalue weighted by molar-refractivity contribution is 5.25. The number of nitrogens with zero attached hydrogens (tertiary/aromatic N) is 1. The topological polar surface area (TPSA) is 45.0 Å². The second-order valence-electron chi connectivity index (χ2n) is 3.53. The van der Waals surface area contributed by atoms with Crippen LogP contribution in [-0.4, -0.2) is 20.2 Å². The van der Waals surface area contributed by atoms with Gasteiger partial charge in [-0.3, -0.25) is 0 Å². The molecule has 1 aliphatic rings. The maximum Gasteiger partial charge on any atom is 0.110 e. The van der Waals surface area contributed by atoms with Crippen LogP contribution in [0.1, 0.15) is 32.1 Å². The molecule has 0 aromatic carbocycles. The standard InChI is InChI=1S/C11H18N2O/c1-13-7-6-10(9-12)11-5-3-2-4-8-14-11/h13H,2-8H2,1H3/b11-10+. The Bertz CT molecular complexity index is 230. The van der Waals surface area contributed by atoms with E-state index in [-0.39, 0.29) is 0 Å². The van der Waals surface area contributed by atoms with E-state index in [9.17, 15) is 0 Å². The number of rotatable bonds is 3. The molecule has 0 saturated carbocycles. The molecule has 3 heteroatoms. The van der Waals surface area contributed by atoms with Gasteiger partial charge in [-0.1, -0.05) is 0 Å². The Hall–Kier alpha value is -1.01. The molecule has 1 saturated heterocycles. The van der Waals surface area contributed by atoms with Crippen molar-refractivity contribution in [1.29, 1.82) is 5.26 Å². The van der Waals surface area contributed by atoms with E-state index in [0.717, 1.165) is 50.2 Å². The lowest BCUT2D eigenvalue weighted by Crippen LogP contribution is -2.09. The van der Waals surface area contributed by atoms with Gasteiger partial charge in [0.15, 0.2) is 0 Å². The number of nitriles is 1. The molecule has 78 valence electrons. The fourth-order valence-corrected chi connectivity index (χ4v) is 1.58. The molecule has 0 unspecified atom stereocenters. The van der Waals surface area contributed by atoms with Gasteiger partial charge in [-0.05, 0) is 39.3 Å². The maximum atomic E-state index is 8.98. The summed E-state index contributed by atoms with van der Waals surface area (Å²) in [7, 11) is 1.90. The lowest BCUT2D eigenvalue weighted by molar-refractivity contribution is 0.210. The first-order valence-electron chi connectivity index (χ1n) is 5.28. The van der Waals surface area contributed by atoms with E-state index in [1.165, 1.54) is 6.42 Å². The first kappa shape index (κ1) is 11.1. The van der Waals surface area contributed by atoms with Crippen molar-refractivity contribution >= 4 is 0 Å². The Kier molecular flexibility index (Phi) is 5.09. The molecule has 1 rings (SSSR count). The predicted octanol–water partition coefficient (Wildman–Crippen LogP) is 1.96. The van der Waals surface area contributed by atoms with Gasteiger partial charge in [0.1, 0.15) is 5.76 Å². The number of allylic oxidation sites excluding steroid dienone is 1. The second kappa shape index (κ2) is 6.44. The van der Waals surface area contributed by atoms with Crippen molar-refractivity contribution in [3.8, 4) is 6.07 Å². The minimum atomic E-state index is 0.778. The third-order valence-corrected chi connectivity index (χ3v) is 2.42. The molecule has 0 spiro atoms. The largest absolute Gasteiger partial charge is 0.497 e. The van der Waals surface area contributed by atoms with Crippen molar-refractivity contribution in [2.75, 3.05) is 20.2 Å². The smallest absolute Gasteiger partial charge is 0.110 e. The van der Waals surface area contributed by atoms with E-state index in [1.807, 2.05) is 7.05 Å². The zero-order valence-corrected chi connectivity index (χ0v) is 8.81. The van der Waals surface area contributed by atoms with Gasteiger partial charge in [-0.25, -0.2) is 0 Å². The maximum absolute atomic E-state index is 8.98. The molecule has 1 N–H and O–H groups in total. The summed E-state index contributed by atoms with van der Waals surface area (Å²) < 4.78 is 5.58. The zero-order valence-electron chi connectivity index (χ0n) is 8.81. The summed E-state index contributed by atoms with van der Waals surface area (Å²) in [6.45, 7) is 1.62. The molecule has 0 aliphatic carbocycles. The monoisotopic (exact) mass is 194 g/mol. The van der Waals surface area contributed by atoms with Crippen LogP contribution in [0.25, 0.3) is 0 Å². The third kappa shape index (κ3) is 3.39. The minimum Gasteiger partial charge on any atom is -0.497 e. The summed E-state index contributed by atoms with van der Waals surface area (Å²) in [6.07, 6.45) is 5.21. The highest BCUT2D eigenvalue weighted by Crippen LogP contribution is 2.20. The average Bonchev–Trinajstić information content (AvgIpc) is 2.48. The van der Waals surface area contributed by atoms with Crippen LogP contribution in [0.15, 0.2) is 11.3 Å². The van der Waals surface area contributed by atoms with Crippen LogP contribution in [0.2, 0.25) is 0 Å². The van der Waals surface area contributed by atoms with Gasteiger partial charge in [0, 0.05) is 6.42 Å². The molecule has 1 aliphatic heterocycles. The van der Waals surface area contributed by atoms with Gasteiger partial charge >= 0.3 is 0 Å². The van der Waals surface area contributed by atoms with Crippen LogP contribution in [0.4, 0.5) is 0 Å². The number of hydrogen-bond acceptors (Lipinski definition) is 3. The molecular formula is C11H18N2O. The quantitative estimate of drug-likeness (QED) is 0.698. The van der Waals surface area contributed by atoms with Crippen LogP contribution < -0.4 is 5.32 Å². The van der Waals surface area contributed by atoms with Crippen LogP contribution >= 0.6 is 0 Å². The van der Waals surface area contributed by atoms with E-state index in [2.05, 4.69) is 11.4 Å². The summed E-state index contributed by atoms with van der Waals surface area (Å²) in [6, 6.07) is 2.25. The Morgan fingerprint density at radius 3 is 3.07 bits per heavy atom. The Labute approximate surface area is 85.7 Å². The fourth-order valence-electron chi connectivity index (χ4n) is 1.58. The molecule has 3 nitrogen and oxygen atoms in total. The van der Waals surface area contributed by atoms with Gasteiger partial charge in [-0.15, -0.1) is 0 Å². The average molecular weight is 194 g/mol. The Morgan fingerprint density at radius 2 is 2.36 bits per heavy atom. The molecule has 14 heavy (non-hydrogen) atoms. The van der Waals surface area contributed by atoms with Crippen molar-refractivity contribution < 1.29 is 4.74 Å². The lowest BCUT2D eigenvalue weighted by atomic mass is 10.1. The van der Waals surface area contributed by atoms with E-state index < -0.39 is 0 Å². The van der Waals surface area contributed by atoms with Crippen molar-refractivity contribution in [1.82, 2.24) is 5.32 Å².